The van der Waals surface area contributed by atoms with Crippen LogP contribution in [-0.2, 0) is 4.74 Å². The summed E-state index contributed by atoms with van der Waals surface area (Å²) >= 11 is 0. The van der Waals surface area contributed by atoms with E-state index in [1.165, 1.54) is 0 Å². The van der Waals surface area contributed by atoms with Crippen molar-refractivity contribution >= 4 is 12.4 Å². The summed E-state index contributed by atoms with van der Waals surface area (Å²) in [5.41, 5.74) is 5.99. The number of ether oxygens (including phenoxy) is 1. The smallest absolute Gasteiger partial charge is 0.0617 e. The van der Waals surface area contributed by atoms with Gasteiger partial charge in [0.1, 0.15) is 0 Å². The maximum absolute atomic E-state index is 5.69. The van der Waals surface area contributed by atoms with E-state index in [1.54, 1.807) is 0 Å². The van der Waals surface area contributed by atoms with Crippen molar-refractivity contribution < 1.29 is 4.74 Å². The lowest BCUT2D eigenvalue weighted by Crippen LogP contribution is -2.40. The summed E-state index contributed by atoms with van der Waals surface area (Å²) in [5.74, 6) is 0. The molecule has 0 aromatic heterocycles. The van der Waals surface area contributed by atoms with Crippen LogP contribution in [0.4, 0.5) is 0 Å². The topological polar surface area (TPSA) is 35.2 Å². The van der Waals surface area contributed by atoms with Gasteiger partial charge < -0.3 is 10.5 Å². The van der Waals surface area contributed by atoms with E-state index >= 15 is 0 Å². The first-order chi connectivity index (χ1) is 4.10. The summed E-state index contributed by atoms with van der Waals surface area (Å²) in [6, 6.07) is 0.258. The lowest BCUT2D eigenvalue weighted by Gasteiger charge is -2.32. The first kappa shape index (κ1) is 10.2. The van der Waals surface area contributed by atoms with Gasteiger partial charge in [0, 0.05) is 6.04 Å². The highest BCUT2D eigenvalue weighted by Gasteiger charge is 2.26. The molecule has 62 valence electrons. The molecule has 2 N–H and O–H groups in total. The number of rotatable bonds is 0. The molecule has 0 aliphatic carbocycles. The van der Waals surface area contributed by atoms with Crippen LogP contribution in [0.3, 0.4) is 0 Å². The van der Waals surface area contributed by atoms with Crippen LogP contribution in [0.5, 0.6) is 0 Å². The van der Waals surface area contributed by atoms with E-state index in [-0.39, 0.29) is 18.4 Å². The van der Waals surface area contributed by atoms with E-state index in [4.69, 9.17) is 10.5 Å². The fourth-order valence-corrected chi connectivity index (χ4v) is 1.31. The molecule has 0 spiro atoms. The second kappa shape index (κ2) is 3.56. The average Bonchev–Trinajstić information content (AvgIpc) is 1.60. The van der Waals surface area contributed by atoms with Gasteiger partial charge in [-0.1, -0.05) is 13.8 Å². The summed E-state index contributed by atoms with van der Waals surface area (Å²) < 4.78 is 5.27. The Morgan fingerprint density at radius 1 is 1.50 bits per heavy atom. The molecule has 1 saturated heterocycles. The van der Waals surface area contributed by atoms with E-state index < -0.39 is 0 Å². The predicted octanol–water partition coefficient (Wildman–Crippen LogP) is 1.18. The molecule has 0 amide bonds. The molecule has 0 radical (unpaired) electrons. The van der Waals surface area contributed by atoms with Gasteiger partial charge in [-0.25, -0.2) is 0 Å². The van der Waals surface area contributed by atoms with Crippen LogP contribution in [-0.4, -0.2) is 19.3 Å². The highest BCUT2D eigenvalue weighted by molar-refractivity contribution is 5.85. The number of nitrogens with two attached hydrogens (primary N) is 1. The number of hydrogen-bond acceptors (Lipinski definition) is 2. The van der Waals surface area contributed by atoms with Crippen LogP contribution >= 0.6 is 12.4 Å². The quantitative estimate of drug-likeness (QED) is 0.585. The maximum Gasteiger partial charge on any atom is 0.0617 e. The molecule has 0 aromatic carbocycles. The van der Waals surface area contributed by atoms with Gasteiger partial charge in [-0.05, 0) is 11.8 Å². The first-order valence-corrected chi connectivity index (χ1v) is 3.43. The molecular weight excluding hydrogens is 150 g/mol. The summed E-state index contributed by atoms with van der Waals surface area (Å²) in [4.78, 5) is 0. The highest BCUT2D eigenvalue weighted by atomic mass is 35.5. The molecule has 3 heteroatoms. The Balaban J connectivity index is 0.000000810. The zero-order chi connectivity index (χ0) is 6.91. The van der Waals surface area contributed by atoms with Gasteiger partial charge in [0.2, 0.25) is 0 Å². The summed E-state index contributed by atoms with van der Waals surface area (Å²) in [6.45, 7) is 5.97. The highest BCUT2D eigenvalue weighted by Crippen LogP contribution is 2.25. The SMILES string of the molecule is CC1(C)COCC(N)C1.Cl. The summed E-state index contributed by atoms with van der Waals surface area (Å²) in [5, 5.41) is 0. The Hall–Kier alpha value is 0.210. The van der Waals surface area contributed by atoms with Gasteiger partial charge in [0.25, 0.3) is 0 Å². The van der Waals surface area contributed by atoms with Gasteiger partial charge in [0.15, 0.2) is 0 Å². The summed E-state index contributed by atoms with van der Waals surface area (Å²) in [7, 11) is 0. The van der Waals surface area contributed by atoms with Crippen molar-refractivity contribution in [3.8, 4) is 0 Å². The minimum atomic E-state index is 0. The number of halogens is 1. The van der Waals surface area contributed by atoms with Crippen LogP contribution in [0, 0.1) is 5.41 Å². The number of hydrogen-bond donors (Lipinski definition) is 1. The average molecular weight is 166 g/mol. The molecule has 1 rings (SSSR count). The predicted molar refractivity (Wildman–Crippen MR) is 44.4 cm³/mol. The van der Waals surface area contributed by atoms with Crippen LogP contribution in [0.2, 0.25) is 0 Å². The van der Waals surface area contributed by atoms with Crippen molar-refractivity contribution in [3.05, 3.63) is 0 Å². The molecule has 1 aliphatic rings. The first-order valence-electron chi connectivity index (χ1n) is 3.43. The minimum Gasteiger partial charge on any atom is -0.379 e. The van der Waals surface area contributed by atoms with E-state index in [0.29, 0.717) is 5.41 Å². The summed E-state index contributed by atoms with van der Waals surface area (Å²) in [6.07, 6.45) is 1.09. The standard InChI is InChI=1S/C7H15NO.ClH/c1-7(2)3-6(8)4-9-5-7;/h6H,3-5,8H2,1-2H3;1H. The van der Waals surface area contributed by atoms with E-state index in [9.17, 15) is 0 Å². The van der Waals surface area contributed by atoms with Crippen molar-refractivity contribution in [1.82, 2.24) is 0 Å². The Morgan fingerprint density at radius 2 is 2.10 bits per heavy atom. The molecule has 1 aliphatic heterocycles. The maximum atomic E-state index is 5.69. The van der Waals surface area contributed by atoms with E-state index in [2.05, 4.69) is 13.8 Å². The molecule has 0 aromatic rings. The van der Waals surface area contributed by atoms with Gasteiger partial charge in [-0.15, -0.1) is 12.4 Å². The van der Waals surface area contributed by atoms with Gasteiger partial charge in [-0.2, -0.15) is 0 Å². The van der Waals surface area contributed by atoms with Gasteiger partial charge in [-0.3, -0.25) is 0 Å². The van der Waals surface area contributed by atoms with E-state index in [1.807, 2.05) is 0 Å². The van der Waals surface area contributed by atoms with Crippen molar-refractivity contribution in [1.29, 1.82) is 0 Å². The zero-order valence-electron chi connectivity index (χ0n) is 6.59. The zero-order valence-corrected chi connectivity index (χ0v) is 7.41. The molecule has 10 heavy (non-hydrogen) atoms. The molecule has 1 atom stereocenters. The second-order valence-corrected chi connectivity index (χ2v) is 3.64. The third kappa shape index (κ3) is 2.86. The normalized spacial score (nSPS) is 30.9. The molecule has 2 nitrogen and oxygen atoms in total. The third-order valence-corrected chi connectivity index (χ3v) is 1.64. The fourth-order valence-electron chi connectivity index (χ4n) is 1.31. The fraction of sp³-hybridized carbons (Fsp3) is 1.00. The Bertz CT molecular complexity index is 106. The van der Waals surface area contributed by atoms with Crippen LogP contribution in [0.15, 0.2) is 0 Å². The van der Waals surface area contributed by atoms with Crippen molar-refractivity contribution in [2.75, 3.05) is 13.2 Å². The Morgan fingerprint density at radius 3 is 2.40 bits per heavy atom. The third-order valence-electron chi connectivity index (χ3n) is 1.64. The Kier molecular flexibility index (Phi) is 3.63. The van der Waals surface area contributed by atoms with Crippen molar-refractivity contribution in [3.63, 3.8) is 0 Å². The molecule has 1 fully saturated rings. The molecule has 1 unspecified atom stereocenters. The second-order valence-electron chi connectivity index (χ2n) is 3.64. The van der Waals surface area contributed by atoms with Crippen molar-refractivity contribution in [2.45, 2.75) is 26.3 Å². The van der Waals surface area contributed by atoms with Crippen LogP contribution in [0.1, 0.15) is 20.3 Å². The molecule has 0 saturated carbocycles. The van der Waals surface area contributed by atoms with Gasteiger partial charge >= 0.3 is 0 Å². The lowest BCUT2D eigenvalue weighted by molar-refractivity contribution is 0.000172. The largest absolute Gasteiger partial charge is 0.379 e. The lowest BCUT2D eigenvalue weighted by atomic mass is 9.85. The molecule has 1 heterocycles. The van der Waals surface area contributed by atoms with Crippen molar-refractivity contribution in [2.24, 2.45) is 11.1 Å². The Labute approximate surface area is 68.5 Å². The monoisotopic (exact) mass is 165 g/mol. The molecular formula is C7H16ClNO. The van der Waals surface area contributed by atoms with Crippen LogP contribution in [0.25, 0.3) is 0 Å². The minimum absolute atomic E-state index is 0. The van der Waals surface area contributed by atoms with Crippen LogP contribution < -0.4 is 5.73 Å². The molecule has 0 bridgehead atoms. The van der Waals surface area contributed by atoms with E-state index in [0.717, 1.165) is 19.6 Å². The van der Waals surface area contributed by atoms with Gasteiger partial charge in [0.05, 0.1) is 13.2 Å².